The van der Waals surface area contributed by atoms with Crippen LogP contribution in [0.1, 0.15) is 47.5 Å². The third-order valence-corrected chi connectivity index (χ3v) is 4.82. The van der Waals surface area contributed by atoms with Gasteiger partial charge in [0, 0.05) is 11.8 Å². The topological polar surface area (TPSA) is 98.5 Å². The zero-order valence-corrected chi connectivity index (χ0v) is 15.8. The van der Waals surface area contributed by atoms with Crippen LogP contribution < -0.4 is 5.32 Å². The Morgan fingerprint density at radius 3 is 2.46 bits per heavy atom. The first-order chi connectivity index (χ1) is 12.2. The van der Waals surface area contributed by atoms with Crippen molar-refractivity contribution < 1.29 is 19.2 Å². The molecular formula is C18H20N2O5S. The van der Waals surface area contributed by atoms with Crippen LogP contribution in [0.25, 0.3) is 0 Å². The summed E-state index contributed by atoms with van der Waals surface area (Å²) in [6, 6.07) is 8.30. The van der Waals surface area contributed by atoms with Gasteiger partial charge in [0.15, 0.2) is 6.10 Å². The van der Waals surface area contributed by atoms with Gasteiger partial charge < -0.3 is 10.1 Å². The molecule has 7 nitrogen and oxygen atoms in total. The second-order valence-corrected chi connectivity index (χ2v) is 7.19. The number of ether oxygens (including phenoxy) is 1. The molecule has 1 N–H and O–H groups in total. The highest BCUT2D eigenvalue weighted by atomic mass is 32.1. The zero-order chi connectivity index (χ0) is 19.4. The van der Waals surface area contributed by atoms with E-state index in [-0.39, 0.29) is 15.8 Å². The third-order valence-electron chi connectivity index (χ3n) is 3.80. The van der Waals surface area contributed by atoms with Gasteiger partial charge in [-0.1, -0.05) is 43.4 Å². The van der Waals surface area contributed by atoms with Crippen LogP contribution >= 0.6 is 11.3 Å². The van der Waals surface area contributed by atoms with Gasteiger partial charge in [-0.05, 0) is 37.0 Å². The number of hydrogen-bond acceptors (Lipinski definition) is 6. The van der Waals surface area contributed by atoms with E-state index in [2.05, 4.69) is 5.32 Å². The molecule has 0 aliphatic carbocycles. The predicted molar refractivity (Wildman–Crippen MR) is 99.7 cm³/mol. The van der Waals surface area contributed by atoms with Gasteiger partial charge in [-0.3, -0.25) is 14.9 Å². The van der Waals surface area contributed by atoms with Crippen molar-refractivity contribution in [1.82, 2.24) is 0 Å². The van der Waals surface area contributed by atoms with Crippen molar-refractivity contribution in [1.29, 1.82) is 0 Å². The number of thiophene rings is 1. The van der Waals surface area contributed by atoms with E-state index in [0.717, 1.165) is 11.1 Å². The molecule has 2 rings (SSSR count). The van der Waals surface area contributed by atoms with E-state index < -0.39 is 22.9 Å². The SMILES string of the molecule is Cc1cccc(C(C)C)c1NC(=O)[C@H](C)OC(=O)c1ccc([N+](=O)[O-])s1. The minimum atomic E-state index is -1.04. The zero-order valence-electron chi connectivity index (χ0n) is 14.9. The normalized spacial score (nSPS) is 11.9. The molecule has 2 aromatic rings. The van der Waals surface area contributed by atoms with Crippen molar-refractivity contribution >= 4 is 33.9 Å². The summed E-state index contributed by atoms with van der Waals surface area (Å²) in [6.07, 6.45) is -1.04. The lowest BCUT2D eigenvalue weighted by Crippen LogP contribution is -2.30. The maximum absolute atomic E-state index is 12.4. The van der Waals surface area contributed by atoms with Gasteiger partial charge in [-0.15, -0.1) is 0 Å². The number of amides is 1. The summed E-state index contributed by atoms with van der Waals surface area (Å²) in [5, 5.41) is 13.4. The molecule has 0 spiro atoms. The molecule has 8 heteroatoms. The van der Waals surface area contributed by atoms with Crippen LogP contribution in [-0.4, -0.2) is 22.9 Å². The summed E-state index contributed by atoms with van der Waals surface area (Å²) in [7, 11) is 0. The summed E-state index contributed by atoms with van der Waals surface area (Å²) in [5.41, 5.74) is 2.62. The van der Waals surface area contributed by atoms with E-state index in [0.29, 0.717) is 17.0 Å². The summed E-state index contributed by atoms with van der Waals surface area (Å²) < 4.78 is 5.14. The second-order valence-electron chi connectivity index (χ2n) is 6.13. The number of esters is 1. The van der Waals surface area contributed by atoms with Gasteiger partial charge in [0.1, 0.15) is 4.88 Å². The standard InChI is InChI=1S/C18H20N2O5S/c1-10(2)13-7-5-6-11(3)16(13)19-17(21)12(4)25-18(22)14-8-9-15(26-14)20(23)24/h5-10,12H,1-4H3,(H,19,21)/t12-/m0/s1. The van der Waals surface area contributed by atoms with Crippen LogP contribution in [0.4, 0.5) is 10.7 Å². The van der Waals surface area contributed by atoms with Crippen molar-refractivity contribution in [2.45, 2.75) is 39.7 Å². The molecule has 0 aliphatic rings. The van der Waals surface area contributed by atoms with Crippen LogP contribution in [0.15, 0.2) is 30.3 Å². The first-order valence-corrected chi connectivity index (χ1v) is 8.88. The van der Waals surface area contributed by atoms with E-state index in [1.807, 2.05) is 39.0 Å². The maximum atomic E-state index is 12.4. The number of nitro groups is 1. The summed E-state index contributed by atoms with van der Waals surface area (Å²) in [5.74, 6) is -1.00. The van der Waals surface area contributed by atoms with Gasteiger partial charge >= 0.3 is 11.0 Å². The molecule has 0 fully saturated rings. The lowest BCUT2D eigenvalue weighted by Gasteiger charge is -2.18. The Balaban J connectivity index is 2.08. The number of benzene rings is 1. The van der Waals surface area contributed by atoms with Crippen LogP contribution in [0.2, 0.25) is 0 Å². The van der Waals surface area contributed by atoms with Crippen LogP contribution in [0.3, 0.4) is 0 Å². The first-order valence-electron chi connectivity index (χ1n) is 8.06. The van der Waals surface area contributed by atoms with E-state index in [1.165, 1.54) is 19.1 Å². The minimum absolute atomic E-state index is 0.0788. The molecule has 0 radical (unpaired) electrons. The summed E-state index contributed by atoms with van der Waals surface area (Å²) >= 11 is 0.710. The molecule has 138 valence electrons. The molecule has 1 heterocycles. The average molecular weight is 376 g/mol. The van der Waals surface area contributed by atoms with Gasteiger partial charge in [-0.2, -0.15) is 0 Å². The average Bonchev–Trinajstić information content (AvgIpc) is 3.06. The number of carbonyl (C=O) groups is 2. The molecule has 26 heavy (non-hydrogen) atoms. The molecular weight excluding hydrogens is 356 g/mol. The Labute approximate surface area is 155 Å². The van der Waals surface area contributed by atoms with Crippen LogP contribution in [0, 0.1) is 17.0 Å². The number of anilines is 1. The number of rotatable bonds is 6. The summed E-state index contributed by atoms with van der Waals surface area (Å²) in [4.78, 5) is 34.7. The first kappa shape index (κ1) is 19.6. The number of nitrogens with one attached hydrogen (secondary N) is 1. The van der Waals surface area contributed by atoms with Crippen molar-refractivity contribution in [3.63, 3.8) is 0 Å². The van der Waals surface area contributed by atoms with E-state index in [1.54, 1.807) is 0 Å². The maximum Gasteiger partial charge on any atom is 0.349 e. The smallest absolute Gasteiger partial charge is 0.349 e. The fraction of sp³-hybridized carbons (Fsp3) is 0.333. The fourth-order valence-corrected chi connectivity index (χ4v) is 3.08. The van der Waals surface area contributed by atoms with E-state index >= 15 is 0 Å². The largest absolute Gasteiger partial charge is 0.448 e. The Morgan fingerprint density at radius 1 is 1.19 bits per heavy atom. The van der Waals surface area contributed by atoms with Gasteiger partial charge in [0.25, 0.3) is 5.91 Å². The Kier molecular flexibility index (Phi) is 6.10. The molecule has 1 amide bonds. The molecule has 1 aromatic heterocycles. The van der Waals surface area contributed by atoms with E-state index in [9.17, 15) is 19.7 Å². The van der Waals surface area contributed by atoms with Gasteiger partial charge in [0.05, 0.1) is 4.92 Å². The predicted octanol–water partition coefficient (Wildman–Crippen LogP) is 4.27. The van der Waals surface area contributed by atoms with Crippen molar-refractivity contribution in [3.8, 4) is 0 Å². The third kappa shape index (κ3) is 4.45. The molecule has 0 aliphatic heterocycles. The number of hydrogen-bond donors (Lipinski definition) is 1. The van der Waals surface area contributed by atoms with Gasteiger partial charge in [0.2, 0.25) is 0 Å². The monoisotopic (exact) mass is 376 g/mol. The molecule has 0 bridgehead atoms. The lowest BCUT2D eigenvalue weighted by atomic mass is 9.98. The highest BCUT2D eigenvalue weighted by Crippen LogP contribution is 2.28. The van der Waals surface area contributed by atoms with Crippen LogP contribution in [-0.2, 0) is 9.53 Å². The number of nitrogens with zero attached hydrogens (tertiary/aromatic N) is 1. The molecule has 0 saturated heterocycles. The van der Waals surface area contributed by atoms with Crippen molar-refractivity contribution in [2.24, 2.45) is 0 Å². The quantitative estimate of drug-likeness (QED) is 0.461. The van der Waals surface area contributed by atoms with Crippen LogP contribution in [0.5, 0.6) is 0 Å². The molecule has 0 unspecified atom stereocenters. The number of aryl methyl sites for hydroxylation is 1. The Bertz CT molecular complexity index is 844. The number of carbonyl (C=O) groups excluding carboxylic acids is 2. The number of para-hydroxylation sites is 1. The summed E-state index contributed by atoms with van der Waals surface area (Å²) in [6.45, 7) is 7.40. The second kappa shape index (κ2) is 8.09. The fourth-order valence-electron chi connectivity index (χ4n) is 2.37. The molecule has 1 atom stereocenters. The molecule has 1 aromatic carbocycles. The molecule has 0 saturated carbocycles. The minimum Gasteiger partial charge on any atom is -0.448 e. The van der Waals surface area contributed by atoms with Crippen molar-refractivity contribution in [2.75, 3.05) is 5.32 Å². The van der Waals surface area contributed by atoms with Crippen molar-refractivity contribution in [3.05, 3.63) is 56.5 Å². The Hall–Kier alpha value is -2.74. The lowest BCUT2D eigenvalue weighted by molar-refractivity contribution is -0.380. The van der Waals surface area contributed by atoms with E-state index in [4.69, 9.17) is 4.74 Å². The van der Waals surface area contributed by atoms with Gasteiger partial charge in [-0.25, -0.2) is 4.79 Å². The highest BCUT2D eigenvalue weighted by molar-refractivity contribution is 7.17. The Morgan fingerprint density at radius 2 is 1.88 bits per heavy atom. The highest BCUT2D eigenvalue weighted by Gasteiger charge is 2.23.